The lowest BCUT2D eigenvalue weighted by Crippen LogP contribution is -2.37. The molecule has 0 N–H and O–H groups in total. The first-order valence-corrected chi connectivity index (χ1v) is 7.02. The molecule has 0 radical (unpaired) electrons. The quantitative estimate of drug-likeness (QED) is 0.754. The number of allylic oxidation sites excluding steroid dienone is 1. The van der Waals surface area contributed by atoms with Crippen LogP contribution >= 0.6 is 23.2 Å². The Bertz CT molecular complexity index is 341. The molecule has 1 saturated heterocycles. The molecule has 0 aromatic rings. The summed E-state index contributed by atoms with van der Waals surface area (Å²) in [5.41, 5.74) is 0.00353. The summed E-state index contributed by atoms with van der Waals surface area (Å²) in [5, 5.41) is 0. The lowest BCUT2D eigenvalue weighted by atomic mass is 10.1. The zero-order valence-corrected chi connectivity index (χ0v) is 11.9. The van der Waals surface area contributed by atoms with E-state index in [9.17, 15) is 4.79 Å². The Kier molecular flexibility index (Phi) is 3.74. The minimum absolute atomic E-state index is 0.00353. The number of hydrogen-bond donors (Lipinski definition) is 0. The highest BCUT2D eigenvalue weighted by atomic mass is 35.5. The van der Waals surface area contributed by atoms with Crippen molar-refractivity contribution in [3.63, 3.8) is 0 Å². The van der Waals surface area contributed by atoms with E-state index in [0.717, 1.165) is 25.9 Å². The monoisotopic (exact) mass is 275 g/mol. The molecule has 2 nitrogen and oxygen atoms in total. The van der Waals surface area contributed by atoms with Crippen molar-refractivity contribution in [2.75, 3.05) is 13.1 Å². The predicted octanol–water partition coefficient (Wildman–Crippen LogP) is 3.59. The zero-order chi connectivity index (χ0) is 12.6. The lowest BCUT2D eigenvalue weighted by molar-refractivity contribution is -0.134. The minimum Gasteiger partial charge on any atom is -0.342 e. The van der Waals surface area contributed by atoms with E-state index >= 15 is 0 Å². The summed E-state index contributed by atoms with van der Waals surface area (Å²) < 4.78 is 0.275. The number of halogens is 2. The molecular formula is C13H19Cl2NO. The van der Waals surface area contributed by atoms with Gasteiger partial charge in [0.25, 0.3) is 0 Å². The van der Waals surface area contributed by atoms with Crippen LogP contribution in [-0.4, -0.2) is 23.9 Å². The van der Waals surface area contributed by atoms with Crippen LogP contribution in [0.2, 0.25) is 0 Å². The third kappa shape index (κ3) is 2.63. The summed E-state index contributed by atoms with van der Waals surface area (Å²) in [7, 11) is 0. The molecule has 0 spiro atoms. The molecule has 1 aliphatic carbocycles. The average molecular weight is 276 g/mol. The molecule has 17 heavy (non-hydrogen) atoms. The van der Waals surface area contributed by atoms with E-state index in [-0.39, 0.29) is 27.6 Å². The summed E-state index contributed by atoms with van der Waals surface area (Å²) in [5.74, 6) is 0.542. The molecule has 0 aromatic carbocycles. The van der Waals surface area contributed by atoms with E-state index in [1.54, 1.807) is 0 Å². The Morgan fingerprint density at radius 3 is 2.35 bits per heavy atom. The van der Waals surface area contributed by atoms with Gasteiger partial charge in [0.1, 0.15) is 4.49 Å². The number of hydrogen-bond acceptors (Lipinski definition) is 1. The van der Waals surface area contributed by atoms with Crippen molar-refractivity contribution in [2.45, 2.75) is 33.1 Å². The first-order valence-electron chi connectivity index (χ1n) is 6.26. The van der Waals surface area contributed by atoms with Gasteiger partial charge in [0.15, 0.2) is 0 Å². The number of carbonyl (C=O) groups is 1. The first-order chi connectivity index (χ1) is 7.94. The molecule has 2 unspecified atom stereocenters. The molecule has 1 aliphatic heterocycles. The second kappa shape index (κ2) is 4.81. The number of carbonyl (C=O) groups excluding carboxylic acids is 1. The Labute approximate surface area is 113 Å². The highest BCUT2D eigenvalue weighted by molar-refractivity contribution is 6.55. The topological polar surface area (TPSA) is 20.3 Å². The molecule has 2 atom stereocenters. The molecule has 96 valence electrons. The third-order valence-corrected chi connectivity index (χ3v) is 4.40. The molecule has 1 saturated carbocycles. The molecular weight excluding hydrogens is 257 g/mol. The number of likely N-dealkylation sites (tertiary alicyclic amines) is 1. The van der Waals surface area contributed by atoms with Gasteiger partial charge in [-0.3, -0.25) is 4.79 Å². The highest BCUT2D eigenvalue weighted by Crippen LogP contribution is 2.60. The molecule has 4 heteroatoms. The maximum atomic E-state index is 12.4. The van der Waals surface area contributed by atoms with Gasteiger partial charge < -0.3 is 4.90 Å². The van der Waals surface area contributed by atoms with Crippen LogP contribution in [0.1, 0.15) is 33.1 Å². The Morgan fingerprint density at radius 2 is 1.82 bits per heavy atom. The number of rotatable bonds is 2. The van der Waals surface area contributed by atoms with E-state index in [0.29, 0.717) is 0 Å². The maximum absolute atomic E-state index is 12.4. The molecule has 0 aromatic heterocycles. The van der Waals surface area contributed by atoms with Gasteiger partial charge in [-0.1, -0.05) is 37.0 Å². The normalized spacial score (nSPS) is 30.9. The van der Waals surface area contributed by atoms with Gasteiger partial charge in [-0.05, 0) is 36.7 Å². The third-order valence-electron chi connectivity index (χ3n) is 4.15. The smallest absolute Gasteiger partial charge is 0.226 e. The van der Waals surface area contributed by atoms with Gasteiger partial charge >= 0.3 is 0 Å². The van der Waals surface area contributed by atoms with Gasteiger partial charge in [-0.25, -0.2) is 0 Å². The molecule has 0 bridgehead atoms. The van der Waals surface area contributed by atoms with E-state index < -0.39 is 0 Å². The fourth-order valence-corrected chi connectivity index (χ4v) is 3.18. The van der Waals surface area contributed by atoms with Crippen molar-refractivity contribution in [3.8, 4) is 0 Å². The predicted molar refractivity (Wildman–Crippen MR) is 71.0 cm³/mol. The fraction of sp³-hybridized carbons (Fsp3) is 0.769. The lowest BCUT2D eigenvalue weighted by Gasteiger charge is -2.27. The summed E-state index contributed by atoms with van der Waals surface area (Å²) in [4.78, 5) is 14.4. The molecule has 1 amide bonds. The van der Waals surface area contributed by atoms with Gasteiger partial charge in [0.2, 0.25) is 5.91 Å². The van der Waals surface area contributed by atoms with Crippen LogP contribution in [0.3, 0.4) is 0 Å². The van der Waals surface area contributed by atoms with E-state index in [2.05, 4.69) is 13.8 Å². The largest absolute Gasteiger partial charge is 0.342 e. The molecule has 1 heterocycles. The van der Waals surface area contributed by atoms with Crippen LogP contribution in [0.4, 0.5) is 0 Å². The Balaban J connectivity index is 2.03. The Hall–Kier alpha value is -0.210. The van der Waals surface area contributed by atoms with Crippen molar-refractivity contribution < 1.29 is 4.79 Å². The first kappa shape index (κ1) is 13.2. The van der Waals surface area contributed by atoms with Gasteiger partial charge in [-0.15, -0.1) is 0 Å². The van der Waals surface area contributed by atoms with Gasteiger partial charge in [-0.2, -0.15) is 0 Å². The molecule has 2 rings (SSSR count). The van der Waals surface area contributed by atoms with E-state index in [4.69, 9.17) is 23.2 Å². The van der Waals surface area contributed by atoms with E-state index in [1.165, 1.54) is 6.42 Å². The van der Waals surface area contributed by atoms with Crippen molar-refractivity contribution in [2.24, 2.45) is 17.3 Å². The van der Waals surface area contributed by atoms with E-state index in [1.807, 2.05) is 11.0 Å². The van der Waals surface area contributed by atoms with Gasteiger partial charge in [0, 0.05) is 13.1 Å². The molecule has 2 fully saturated rings. The van der Waals surface area contributed by atoms with Crippen LogP contribution in [0, 0.1) is 17.3 Å². The Morgan fingerprint density at radius 1 is 1.24 bits per heavy atom. The van der Waals surface area contributed by atoms with Crippen LogP contribution in [-0.2, 0) is 4.79 Å². The summed E-state index contributed by atoms with van der Waals surface area (Å²) in [6.45, 7) is 6.04. The van der Waals surface area contributed by atoms with Crippen molar-refractivity contribution in [3.05, 3.63) is 10.6 Å². The standard InChI is InChI=1S/C13H19Cl2NO/c1-13(2)9(8-10(14)15)11(13)12(17)16-6-4-3-5-7-16/h8-9,11H,3-7H2,1-2H3. The van der Waals surface area contributed by atoms with Crippen LogP contribution in [0.5, 0.6) is 0 Å². The number of nitrogens with zero attached hydrogens (tertiary/aromatic N) is 1. The van der Waals surface area contributed by atoms with Crippen LogP contribution in [0.15, 0.2) is 10.6 Å². The zero-order valence-electron chi connectivity index (χ0n) is 10.4. The van der Waals surface area contributed by atoms with Crippen molar-refractivity contribution in [1.82, 2.24) is 4.90 Å². The second-order valence-electron chi connectivity index (χ2n) is 5.67. The second-order valence-corrected chi connectivity index (χ2v) is 6.67. The summed E-state index contributed by atoms with van der Waals surface area (Å²) in [6, 6.07) is 0. The van der Waals surface area contributed by atoms with Crippen LogP contribution in [0.25, 0.3) is 0 Å². The van der Waals surface area contributed by atoms with Crippen LogP contribution < -0.4 is 0 Å². The average Bonchev–Trinajstić information content (AvgIpc) is 2.80. The van der Waals surface area contributed by atoms with Crippen molar-refractivity contribution >= 4 is 29.1 Å². The number of amides is 1. The summed E-state index contributed by atoms with van der Waals surface area (Å²) >= 11 is 11.4. The number of piperidine rings is 1. The molecule has 2 aliphatic rings. The summed E-state index contributed by atoms with van der Waals surface area (Å²) in [6.07, 6.45) is 5.33. The highest BCUT2D eigenvalue weighted by Gasteiger charge is 2.61. The minimum atomic E-state index is 0.00353. The van der Waals surface area contributed by atoms with Gasteiger partial charge in [0.05, 0.1) is 5.92 Å². The van der Waals surface area contributed by atoms with Crippen molar-refractivity contribution in [1.29, 1.82) is 0 Å². The maximum Gasteiger partial charge on any atom is 0.226 e. The SMILES string of the molecule is CC1(C)C(C=C(Cl)Cl)C1C(=O)N1CCCCC1. The fourth-order valence-electron chi connectivity index (χ4n) is 2.91.